The summed E-state index contributed by atoms with van der Waals surface area (Å²) < 4.78 is 15.6. The molecule has 0 saturated heterocycles. The van der Waals surface area contributed by atoms with Gasteiger partial charge in [0.25, 0.3) is 0 Å². The lowest BCUT2D eigenvalue weighted by Gasteiger charge is -2.09. The first-order valence-electron chi connectivity index (χ1n) is 7.43. The topological polar surface area (TPSA) is 61.8 Å². The van der Waals surface area contributed by atoms with E-state index >= 15 is 0 Å². The molecule has 0 aliphatic carbocycles. The van der Waals surface area contributed by atoms with E-state index in [-0.39, 0.29) is 20.2 Å². The molecule has 2 aromatic rings. The van der Waals surface area contributed by atoms with Crippen LogP contribution >= 0.6 is 45.2 Å². The molecule has 2 unspecified atom stereocenters. The summed E-state index contributed by atoms with van der Waals surface area (Å²) in [6.45, 7) is 3.58. The molecule has 2 atom stereocenters. The third-order valence-corrected chi connectivity index (χ3v) is 3.46. The van der Waals surface area contributed by atoms with E-state index in [9.17, 15) is 9.59 Å². The molecule has 0 aromatic heterocycles. The van der Waals surface area contributed by atoms with Crippen molar-refractivity contribution in [2.45, 2.75) is 22.1 Å². The van der Waals surface area contributed by atoms with Crippen molar-refractivity contribution < 1.29 is 23.8 Å². The van der Waals surface area contributed by atoms with Crippen LogP contribution in [0, 0.1) is 0 Å². The van der Waals surface area contributed by atoms with Crippen molar-refractivity contribution in [1.82, 2.24) is 0 Å². The Morgan fingerprint density at radius 2 is 1.04 bits per heavy atom. The van der Waals surface area contributed by atoms with Crippen LogP contribution < -0.4 is 4.74 Å². The summed E-state index contributed by atoms with van der Waals surface area (Å²) in [7, 11) is 0. The third kappa shape index (κ3) is 6.46. The standard InChI is InChI=1S/C18H16I2O5/c1-11(19)23-17(21)13-3-7-15(8-4-13)25-16-9-5-14(6-10-16)18(22)24-12(2)20/h3-12H,1-2H3. The Balaban J connectivity index is 2.00. The van der Waals surface area contributed by atoms with Gasteiger partial charge in [-0.25, -0.2) is 9.59 Å². The van der Waals surface area contributed by atoms with Crippen LogP contribution in [0.15, 0.2) is 48.5 Å². The smallest absolute Gasteiger partial charge is 0.339 e. The molecule has 0 aliphatic rings. The van der Waals surface area contributed by atoms with Gasteiger partial charge in [-0.05, 0) is 108 Å². The van der Waals surface area contributed by atoms with Crippen LogP contribution in [-0.4, -0.2) is 20.2 Å². The molecule has 0 bridgehead atoms. The van der Waals surface area contributed by atoms with Crippen LogP contribution in [0.4, 0.5) is 0 Å². The fourth-order valence-corrected chi connectivity index (χ4v) is 2.35. The quantitative estimate of drug-likeness (QED) is 0.268. The molecular weight excluding hydrogens is 550 g/mol. The minimum Gasteiger partial charge on any atom is -0.457 e. The second kappa shape index (κ2) is 9.37. The van der Waals surface area contributed by atoms with Gasteiger partial charge in [0.05, 0.1) is 11.1 Å². The van der Waals surface area contributed by atoms with E-state index in [2.05, 4.69) is 0 Å². The number of alkyl halides is 2. The number of esters is 2. The van der Waals surface area contributed by atoms with E-state index in [4.69, 9.17) is 14.2 Å². The van der Waals surface area contributed by atoms with Gasteiger partial charge in [0.15, 0.2) is 0 Å². The summed E-state index contributed by atoms with van der Waals surface area (Å²) in [5, 5.41) is 0. The van der Waals surface area contributed by atoms with E-state index in [1.165, 1.54) is 0 Å². The van der Waals surface area contributed by atoms with Gasteiger partial charge in [-0.2, -0.15) is 0 Å². The second-order valence-electron chi connectivity index (χ2n) is 5.05. The average molecular weight is 566 g/mol. The summed E-state index contributed by atoms with van der Waals surface area (Å²) >= 11 is 4.04. The lowest BCUT2D eigenvalue weighted by atomic mass is 10.2. The zero-order chi connectivity index (χ0) is 18.4. The highest BCUT2D eigenvalue weighted by Gasteiger charge is 2.11. The number of halogens is 2. The SMILES string of the molecule is CC(I)OC(=O)c1ccc(Oc2ccc(C(=O)OC(C)I)cc2)cc1. The molecule has 0 fully saturated rings. The van der Waals surface area contributed by atoms with E-state index in [1.54, 1.807) is 62.4 Å². The van der Waals surface area contributed by atoms with Crippen LogP contribution in [0.3, 0.4) is 0 Å². The number of hydrogen-bond donors (Lipinski definition) is 0. The molecule has 0 spiro atoms. The van der Waals surface area contributed by atoms with Crippen molar-refractivity contribution in [2.75, 3.05) is 0 Å². The van der Waals surface area contributed by atoms with Crippen LogP contribution in [0.25, 0.3) is 0 Å². The molecule has 7 heteroatoms. The zero-order valence-corrected chi connectivity index (χ0v) is 17.9. The predicted octanol–water partition coefficient (Wildman–Crippen LogP) is 5.35. The van der Waals surface area contributed by atoms with Gasteiger partial charge in [0, 0.05) is 0 Å². The Hall–Kier alpha value is -1.36. The first kappa shape index (κ1) is 20.0. The monoisotopic (exact) mass is 566 g/mol. The first-order chi connectivity index (χ1) is 11.8. The Labute approximate surface area is 173 Å². The molecular formula is C18H16I2O5. The lowest BCUT2D eigenvalue weighted by Crippen LogP contribution is -2.09. The molecule has 0 radical (unpaired) electrons. The number of benzene rings is 2. The van der Waals surface area contributed by atoms with E-state index in [1.807, 2.05) is 45.2 Å². The van der Waals surface area contributed by atoms with E-state index in [0.29, 0.717) is 22.6 Å². The highest BCUT2D eigenvalue weighted by Crippen LogP contribution is 2.23. The molecule has 2 aromatic carbocycles. The van der Waals surface area contributed by atoms with Crippen molar-refractivity contribution in [2.24, 2.45) is 0 Å². The highest BCUT2D eigenvalue weighted by molar-refractivity contribution is 14.1. The van der Waals surface area contributed by atoms with E-state index < -0.39 is 0 Å². The van der Waals surface area contributed by atoms with Gasteiger partial charge in [-0.15, -0.1) is 0 Å². The summed E-state index contributed by atoms with van der Waals surface area (Å²) in [4.78, 5) is 23.6. The number of carbonyl (C=O) groups is 2. The lowest BCUT2D eigenvalue weighted by molar-refractivity contribution is 0.0492. The maximum atomic E-state index is 11.8. The number of hydrogen-bond acceptors (Lipinski definition) is 5. The molecule has 0 amide bonds. The molecule has 0 aliphatic heterocycles. The molecule has 5 nitrogen and oxygen atoms in total. The Kier molecular flexibility index (Phi) is 7.48. The Morgan fingerprint density at radius 1 is 0.720 bits per heavy atom. The molecule has 0 N–H and O–H groups in total. The zero-order valence-electron chi connectivity index (χ0n) is 13.6. The van der Waals surface area contributed by atoms with E-state index in [0.717, 1.165) is 0 Å². The minimum absolute atomic E-state index is 0.193. The minimum atomic E-state index is -0.374. The van der Waals surface area contributed by atoms with Crippen LogP contribution in [0.5, 0.6) is 11.5 Å². The molecule has 2 rings (SSSR count). The van der Waals surface area contributed by atoms with Crippen LogP contribution in [-0.2, 0) is 9.47 Å². The van der Waals surface area contributed by atoms with Crippen molar-refractivity contribution in [1.29, 1.82) is 0 Å². The van der Waals surface area contributed by atoms with Crippen molar-refractivity contribution in [3.63, 3.8) is 0 Å². The van der Waals surface area contributed by atoms with Gasteiger partial charge < -0.3 is 14.2 Å². The Bertz CT molecular complexity index is 661. The normalized spacial score (nSPS) is 12.8. The fraction of sp³-hybridized carbons (Fsp3) is 0.222. The third-order valence-electron chi connectivity index (χ3n) is 2.95. The van der Waals surface area contributed by atoms with Gasteiger partial charge >= 0.3 is 11.9 Å². The Morgan fingerprint density at radius 3 is 1.32 bits per heavy atom. The van der Waals surface area contributed by atoms with Crippen molar-refractivity contribution in [3.8, 4) is 11.5 Å². The van der Waals surface area contributed by atoms with Crippen LogP contribution in [0.1, 0.15) is 34.6 Å². The second-order valence-corrected chi connectivity index (χ2v) is 8.56. The summed E-state index contributed by atoms with van der Waals surface area (Å²) in [5.41, 5.74) is 0.920. The maximum Gasteiger partial charge on any atom is 0.339 e. The average Bonchev–Trinajstić information content (AvgIpc) is 2.55. The number of rotatable bonds is 6. The molecule has 0 saturated carbocycles. The maximum absolute atomic E-state index is 11.8. The van der Waals surface area contributed by atoms with Crippen molar-refractivity contribution in [3.05, 3.63) is 59.7 Å². The largest absolute Gasteiger partial charge is 0.457 e. The first-order valence-corrected chi connectivity index (χ1v) is 9.92. The predicted molar refractivity (Wildman–Crippen MR) is 111 cm³/mol. The number of carbonyl (C=O) groups excluding carboxylic acids is 2. The summed E-state index contributed by atoms with van der Waals surface area (Å²) in [6.07, 6.45) is 0. The molecule has 132 valence electrons. The van der Waals surface area contributed by atoms with Crippen molar-refractivity contribution >= 4 is 57.1 Å². The highest BCUT2D eigenvalue weighted by atomic mass is 127. The summed E-state index contributed by atoms with van der Waals surface area (Å²) in [6, 6.07) is 13.3. The molecule has 0 heterocycles. The van der Waals surface area contributed by atoms with Gasteiger partial charge in [0.1, 0.15) is 19.7 Å². The van der Waals surface area contributed by atoms with Gasteiger partial charge in [-0.3, -0.25) is 0 Å². The van der Waals surface area contributed by atoms with Gasteiger partial charge in [0.2, 0.25) is 0 Å². The number of ether oxygens (including phenoxy) is 3. The van der Waals surface area contributed by atoms with Crippen LogP contribution in [0.2, 0.25) is 0 Å². The fourth-order valence-electron chi connectivity index (χ4n) is 1.89. The molecule has 25 heavy (non-hydrogen) atoms. The summed E-state index contributed by atoms with van der Waals surface area (Å²) in [5.74, 6) is 0.409. The van der Waals surface area contributed by atoms with Gasteiger partial charge in [-0.1, -0.05) is 0 Å².